The van der Waals surface area contributed by atoms with Crippen LogP contribution in [0.3, 0.4) is 0 Å². The number of aryl methyl sites for hydroxylation is 1. The Morgan fingerprint density at radius 2 is 1.42 bits per heavy atom. The number of hydrogen-bond donors (Lipinski definition) is 1. The smallest absolute Gasteiger partial charge is 0.374 e. The Bertz CT molecular complexity index is 1040. The predicted octanol–water partition coefficient (Wildman–Crippen LogP) is 7.01. The van der Waals surface area contributed by atoms with Crippen molar-refractivity contribution < 1.29 is 28.6 Å². The number of para-hydroxylation sites is 2. The Hall–Kier alpha value is -3.61. The van der Waals surface area contributed by atoms with Gasteiger partial charge >= 0.3 is 11.9 Å². The summed E-state index contributed by atoms with van der Waals surface area (Å²) in [6, 6.07) is 14.3. The molecule has 2 aromatic rings. The van der Waals surface area contributed by atoms with Crippen LogP contribution in [0.25, 0.3) is 0 Å². The first-order valence-corrected chi connectivity index (χ1v) is 13.7. The molecule has 7 heteroatoms. The van der Waals surface area contributed by atoms with Gasteiger partial charge in [0.1, 0.15) is 0 Å². The maximum absolute atomic E-state index is 12.9. The summed E-state index contributed by atoms with van der Waals surface area (Å²) >= 11 is 0. The number of carbonyl (C=O) groups excluding carboxylic acids is 3. The van der Waals surface area contributed by atoms with Crippen LogP contribution in [0.2, 0.25) is 0 Å². The molecule has 0 aliphatic heterocycles. The van der Waals surface area contributed by atoms with Gasteiger partial charge in [0.05, 0.1) is 25.0 Å². The van der Waals surface area contributed by atoms with Gasteiger partial charge in [0.25, 0.3) is 5.91 Å². The average molecular weight is 524 g/mol. The highest BCUT2D eigenvalue weighted by Crippen LogP contribution is 2.27. The second-order valence-corrected chi connectivity index (χ2v) is 9.08. The number of anilines is 1. The Balaban J connectivity index is 2.07. The fraction of sp³-hybridized carbons (Fsp3) is 0.452. The lowest BCUT2D eigenvalue weighted by Gasteiger charge is -2.14. The number of nitrogens with one attached hydrogen (secondary N) is 1. The van der Waals surface area contributed by atoms with Crippen LogP contribution in [0, 0.1) is 0 Å². The number of ether oxygens (including phenoxy) is 3. The highest BCUT2D eigenvalue weighted by molar-refractivity contribution is 6.05. The third-order valence-electron chi connectivity index (χ3n) is 5.73. The summed E-state index contributed by atoms with van der Waals surface area (Å²) in [6.07, 6.45) is 10.7. The first-order chi connectivity index (χ1) is 18.5. The highest BCUT2D eigenvalue weighted by Gasteiger charge is 2.19. The van der Waals surface area contributed by atoms with E-state index in [9.17, 15) is 14.4 Å². The first kappa shape index (κ1) is 30.6. The molecule has 2 rings (SSSR count). The van der Waals surface area contributed by atoms with Crippen molar-refractivity contribution in [2.75, 3.05) is 18.5 Å². The van der Waals surface area contributed by atoms with Gasteiger partial charge in [0.2, 0.25) is 5.76 Å². The monoisotopic (exact) mass is 523 g/mol. The van der Waals surface area contributed by atoms with Crippen molar-refractivity contribution in [2.24, 2.45) is 0 Å². The number of benzene rings is 2. The quantitative estimate of drug-likeness (QED) is 0.104. The molecule has 0 aliphatic rings. The van der Waals surface area contributed by atoms with Crippen LogP contribution in [0.15, 0.2) is 60.4 Å². The van der Waals surface area contributed by atoms with Gasteiger partial charge in [0.15, 0.2) is 5.75 Å². The van der Waals surface area contributed by atoms with Crippen LogP contribution < -0.4 is 10.1 Å². The van der Waals surface area contributed by atoms with E-state index in [2.05, 4.69) is 12.2 Å². The van der Waals surface area contributed by atoms with Crippen LogP contribution in [-0.4, -0.2) is 31.1 Å². The van der Waals surface area contributed by atoms with E-state index in [1.165, 1.54) is 37.7 Å². The maximum atomic E-state index is 12.9. The summed E-state index contributed by atoms with van der Waals surface area (Å²) in [4.78, 5) is 37.6. The number of hydrogen-bond acceptors (Lipinski definition) is 6. The molecule has 0 fully saturated rings. The molecule has 7 nitrogen and oxygen atoms in total. The van der Waals surface area contributed by atoms with E-state index in [1.807, 2.05) is 38.1 Å². The van der Waals surface area contributed by atoms with E-state index in [0.29, 0.717) is 24.1 Å². The molecule has 0 aromatic heterocycles. The third-order valence-corrected chi connectivity index (χ3v) is 5.73. The zero-order valence-electron chi connectivity index (χ0n) is 22.9. The number of amides is 1. The topological polar surface area (TPSA) is 90.9 Å². The van der Waals surface area contributed by atoms with Crippen molar-refractivity contribution in [1.82, 2.24) is 0 Å². The Morgan fingerprint density at radius 3 is 2.13 bits per heavy atom. The standard InChI is InChI=1S/C31H41NO6/c1-4-7-8-9-10-11-14-24-17-19-25(20-18-24)30(34)32-26-15-12-13-16-27(26)38-28(31(35)37-22-6-3)23-29(33)36-21-5-2/h12-13,15-20,23H,4-11,14,21-22H2,1-3H3,(H,32,34)/b28-23-. The van der Waals surface area contributed by atoms with E-state index in [1.54, 1.807) is 24.3 Å². The highest BCUT2D eigenvalue weighted by atomic mass is 16.6. The van der Waals surface area contributed by atoms with E-state index < -0.39 is 11.9 Å². The summed E-state index contributed by atoms with van der Waals surface area (Å²) in [6.45, 7) is 6.34. The molecule has 0 heterocycles. The lowest BCUT2D eigenvalue weighted by molar-refractivity contribution is -0.143. The summed E-state index contributed by atoms with van der Waals surface area (Å²) < 4.78 is 16.0. The Morgan fingerprint density at radius 1 is 0.763 bits per heavy atom. The fourth-order valence-electron chi connectivity index (χ4n) is 3.65. The van der Waals surface area contributed by atoms with Gasteiger partial charge in [-0.3, -0.25) is 4.79 Å². The van der Waals surface area contributed by atoms with Crippen molar-refractivity contribution in [3.63, 3.8) is 0 Å². The van der Waals surface area contributed by atoms with Crippen molar-refractivity contribution in [3.05, 3.63) is 71.5 Å². The second kappa shape index (κ2) is 17.8. The molecular weight excluding hydrogens is 482 g/mol. The lowest BCUT2D eigenvalue weighted by Crippen LogP contribution is -2.18. The molecule has 1 N–H and O–H groups in total. The molecule has 0 spiro atoms. The van der Waals surface area contributed by atoms with E-state index in [-0.39, 0.29) is 30.6 Å². The minimum Gasteiger partial charge on any atom is -0.462 e. The molecule has 0 aliphatic carbocycles. The predicted molar refractivity (Wildman–Crippen MR) is 149 cm³/mol. The van der Waals surface area contributed by atoms with Gasteiger partial charge in [-0.1, -0.05) is 77.1 Å². The van der Waals surface area contributed by atoms with Crippen molar-refractivity contribution >= 4 is 23.5 Å². The molecule has 0 saturated carbocycles. The minimum absolute atomic E-state index is 0.177. The second-order valence-electron chi connectivity index (χ2n) is 9.08. The molecule has 0 radical (unpaired) electrons. The Labute approximate surface area is 226 Å². The zero-order chi connectivity index (χ0) is 27.6. The maximum Gasteiger partial charge on any atom is 0.374 e. The summed E-state index contributed by atoms with van der Waals surface area (Å²) in [5.41, 5.74) is 2.06. The molecule has 206 valence electrons. The molecule has 38 heavy (non-hydrogen) atoms. The number of unbranched alkanes of at least 4 members (excludes halogenated alkanes) is 5. The van der Waals surface area contributed by atoms with Crippen LogP contribution in [0.5, 0.6) is 5.75 Å². The van der Waals surface area contributed by atoms with Gasteiger partial charge in [-0.2, -0.15) is 0 Å². The van der Waals surface area contributed by atoms with Crippen molar-refractivity contribution in [3.8, 4) is 5.75 Å². The van der Waals surface area contributed by atoms with Crippen LogP contribution in [0.1, 0.15) is 88.1 Å². The Kier molecular flexibility index (Phi) is 14.3. The molecule has 0 atom stereocenters. The van der Waals surface area contributed by atoms with Gasteiger partial charge in [-0.25, -0.2) is 9.59 Å². The summed E-state index contributed by atoms with van der Waals surface area (Å²) in [7, 11) is 0. The molecule has 1 amide bonds. The van der Waals surface area contributed by atoms with Gasteiger partial charge in [0, 0.05) is 5.56 Å². The van der Waals surface area contributed by atoms with Gasteiger partial charge in [-0.05, 0) is 55.5 Å². The van der Waals surface area contributed by atoms with Crippen LogP contribution in [-0.2, 0) is 25.5 Å². The first-order valence-electron chi connectivity index (χ1n) is 13.7. The van der Waals surface area contributed by atoms with Crippen molar-refractivity contribution in [2.45, 2.75) is 78.6 Å². The SMILES string of the molecule is CCCCCCCCc1ccc(C(=O)Nc2ccccc2O/C(=C\C(=O)OCCC)C(=O)OCCC)cc1. The normalized spacial score (nSPS) is 11.1. The largest absolute Gasteiger partial charge is 0.462 e. The minimum atomic E-state index is -0.789. The zero-order valence-corrected chi connectivity index (χ0v) is 22.9. The molecule has 2 aromatic carbocycles. The fourth-order valence-corrected chi connectivity index (χ4v) is 3.65. The molecular formula is C31H41NO6. The van der Waals surface area contributed by atoms with E-state index in [4.69, 9.17) is 14.2 Å². The van der Waals surface area contributed by atoms with Gasteiger partial charge < -0.3 is 19.5 Å². The number of rotatable bonds is 17. The van der Waals surface area contributed by atoms with Crippen molar-refractivity contribution in [1.29, 1.82) is 0 Å². The van der Waals surface area contributed by atoms with Crippen LogP contribution in [0.4, 0.5) is 5.69 Å². The number of esters is 2. The molecule has 0 bridgehead atoms. The van der Waals surface area contributed by atoms with E-state index >= 15 is 0 Å². The third kappa shape index (κ3) is 11.2. The number of carbonyl (C=O) groups is 3. The molecule has 0 unspecified atom stereocenters. The van der Waals surface area contributed by atoms with Gasteiger partial charge in [-0.15, -0.1) is 0 Å². The average Bonchev–Trinajstić information content (AvgIpc) is 2.93. The summed E-state index contributed by atoms with van der Waals surface area (Å²) in [5.74, 6) is -1.93. The molecule has 0 saturated heterocycles. The van der Waals surface area contributed by atoms with Crippen LogP contribution >= 0.6 is 0 Å². The summed E-state index contributed by atoms with van der Waals surface area (Å²) in [5, 5.41) is 2.83. The lowest BCUT2D eigenvalue weighted by atomic mass is 10.0. The van der Waals surface area contributed by atoms with E-state index in [0.717, 1.165) is 18.9 Å².